The molecule has 1 N–H and O–H groups in total. The van der Waals surface area contributed by atoms with E-state index in [9.17, 15) is 4.79 Å². The zero-order valence-electron chi connectivity index (χ0n) is 19.6. The van der Waals surface area contributed by atoms with Crippen LogP contribution in [-0.2, 0) is 5.75 Å². The Bertz CT molecular complexity index is 1340. The van der Waals surface area contributed by atoms with Gasteiger partial charge in [0.15, 0.2) is 10.9 Å². The molecule has 180 valence electrons. The fourth-order valence-electron chi connectivity index (χ4n) is 3.38. The van der Waals surface area contributed by atoms with E-state index in [-0.39, 0.29) is 5.69 Å². The highest BCUT2D eigenvalue weighted by Crippen LogP contribution is 2.30. The zero-order chi connectivity index (χ0) is 24.9. The third-order valence-corrected chi connectivity index (χ3v) is 6.11. The van der Waals surface area contributed by atoms with E-state index in [2.05, 4.69) is 25.6 Å². The Labute approximate surface area is 211 Å². The Balaban J connectivity index is 1.69. The quantitative estimate of drug-likeness (QED) is 0.264. The zero-order valence-corrected chi connectivity index (χ0v) is 21.1. The van der Waals surface area contributed by atoms with Gasteiger partial charge in [-0.25, -0.2) is 14.6 Å². The lowest BCUT2D eigenvalue weighted by atomic mass is 10.2. The van der Waals surface area contributed by atoms with Crippen molar-refractivity contribution in [1.82, 2.24) is 25.0 Å². The number of carbonyl (C=O) groups is 1. The summed E-state index contributed by atoms with van der Waals surface area (Å²) in [5.74, 6) is 0.988. The normalized spacial score (nSPS) is 10.8. The van der Waals surface area contributed by atoms with Gasteiger partial charge in [0.05, 0.1) is 31.3 Å². The first kappa shape index (κ1) is 24.5. The van der Waals surface area contributed by atoms with Gasteiger partial charge in [0.2, 0.25) is 0 Å². The van der Waals surface area contributed by atoms with Gasteiger partial charge < -0.3 is 14.8 Å². The van der Waals surface area contributed by atoms with Crippen molar-refractivity contribution < 1.29 is 14.3 Å². The van der Waals surface area contributed by atoms with Crippen molar-refractivity contribution in [1.29, 1.82) is 0 Å². The molecule has 0 aliphatic heterocycles. The third-order valence-electron chi connectivity index (χ3n) is 5.00. The predicted octanol–water partition coefficient (Wildman–Crippen LogP) is 4.89. The number of halogens is 1. The van der Waals surface area contributed by atoms with Gasteiger partial charge in [-0.05, 0) is 56.3 Å². The smallest absolute Gasteiger partial charge is 0.278 e. The van der Waals surface area contributed by atoms with E-state index >= 15 is 0 Å². The van der Waals surface area contributed by atoms with Crippen LogP contribution >= 0.6 is 23.4 Å². The first-order chi connectivity index (χ1) is 16.9. The second-order valence-corrected chi connectivity index (χ2v) is 8.89. The number of aromatic nitrogens is 5. The highest BCUT2D eigenvalue weighted by molar-refractivity contribution is 7.98. The Morgan fingerprint density at radius 2 is 1.74 bits per heavy atom. The van der Waals surface area contributed by atoms with Crippen LogP contribution in [0.25, 0.3) is 5.69 Å². The largest absolute Gasteiger partial charge is 0.497 e. The van der Waals surface area contributed by atoms with E-state index in [1.165, 1.54) is 18.9 Å². The molecule has 11 heteroatoms. The fourth-order valence-corrected chi connectivity index (χ4v) is 4.45. The summed E-state index contributed by atoms with van der Waals surface area (Å²) in [5, 5.41) is 12.5. The number of hydrogen-bond acceptors (Lipinski definition) is 8. The summed E-state index contributed by atoms with van der Waals surface area (Å²) in [6.45, 7) is 3.83. The molecule has 35 heavy (non-hydrogen) atoms. The molecular formula is C24H23ClN6O3S. The van der Waals surface area contributed by atoms with Gasteiger partial charge in [-0.15, -0.1) is 5.10 Å². The second kappa shape index (κ2) is 10.7. The van der Waals surface area contributed by atoms with Gasteiger partial charge in [-0.3, -0.25) is 4.79 Å². The highest BCUT2D eigenvalue weighted by atomic mass is 35.5. The topological polar surface area (TPSA) is 104 Å². The van der Waals surface area contributed by atoms with E-state index in [0.717, 1.165) is 17.1 Å². The minimum Gasteiger partial charge on any atom is -0.497 e. The Hall–Kier alpha value is -3.63. The molecule has 0 aliphatic carbocycles. The maximum absolute atomic E-state index is 13.3. The van der Waals surface area contributed by atoms with Crippen LogP contribution in [-0.4, -0.2) is 45.1 Å². The molecule has 0 saturated heterocycles. The third kappa shape index (κ3) is 5.72. The molecule has 0 aliphatic rings. The molecule has 0 radical (unpaired) electrons. The average molecular weight is 511 g/mol. The molecule has 0 unspecified atom stereocenters. The van der Waals surface area contributed by atoms with Crippen LogP contribution in [0, 0.1) is 13.8 Å². The summed E-state index contributed by atoms with van der Waals surface area (Å²) in [7, 11) is 3.08. The van der Waals surface area contributed by atoms with Gasteiger partial charge in [0.25, 0.3) is 5.91 Å². The van der Waals surface area contributed by atoms with Crippen molar-refractivity contribution in [3.63, 3.8) is 0 Å². The number of ether oxygens (including phenoxy) is 2. The minimum atomic E-state index is -0.436. The monoisotopic (exact) mass is 510 g/mol. The summed E-state index contributed by atoms with van der Waals surface area (Å²) >= 11 is 7.45. The maximum atomic E-state index is 13.3. The Morgan fingerprint density at radius 3 is 2.40 bits per heavy atom. The van der Waals surface area contributed by atoms with Crippen LogP contribution in [0.2, 0.25) is 5.02 Å². The van der Waals surface area contributed by atoms with Gasteiger partial charge >= 0.3 is 0 Å². The van der Waals surface area contributed by atoms with Crippen LogP contribution in [0.15, 0.2) is 53.7 Å². The standard InChI is InChI=1S/C24H23ClN6O3S/c1-14-11-15(2)27-24(26-14)35-13-20-22(29-30-31(20)17-7-5-16(25)6-8-17)23(32)28-19-12-18(33-3)9-10-21(19)34-4/h5-12H,13H2,1-4H3,(H,28,32). The maximum Gasteiger partial charge on any atom is 0.278 e. The van der Waals surface area contributed by atoms with Crippen molar-refractivity contribution >= 4 is 35.0 Å². The van der Waals surface area contributed by atoms with Crippen LogP contribution in [0.3, 0.4) is 0 Å². The number of amides is 1. The molecule has 2 aromatic carbocycles. The number of anilines is 1. The Morgan fingerprint density at radius 1 is 1.03 bits per heavy atom. The molecule has 0 atom stereocenters. The summed E-state index contributed by atoms with van der Waals surface area (Å²) in [5.41, 5.74) is 3.66. The van der Waals surface area contributed by atoms with Crippen molar-refractivity contribution in [2.45, 2.75) is 24.8 Å². The molecule has 2 aromatic heterocycles. The van der Waals surface area contributed by atoms with Crippen LogP contribution in [0.5, 0.6) is 11.5 Å². The van der Waals surface area contributed by atoms with Crippen LogP contribution < -0.4 is 14.8 Å². The summed E-state index contributed by atoms with van der Waals surface area (Å²) in [6, 6.07) is 14.2. The Kier molecular flexibility index (Phi) is 7.52. The number of nitrogens with zero attached hydrogens (tertiary/aromatic N) is 5. The van der Waals surface area contributed by atoms with Crippen molar-refractivity contribution in [2.75, 3.05) is 19.5 Å². The van der Waals surface area contributed by atoms with Gasteiger partial charge in [0.1, 0.15) is 11.5 Å². The molecule has 1 amide bonds. The lowest BCUT2D eigenvalue weighted by Gasteiger charge is -2.12. The number of hydrogen-bond donors (Lipinski definition) is 1. The van der Waals surface area contributed by atoms with E-state index in [1.807, 2.05) is 32.0 Å². The number of aryl methyl sites for hydroxylation is 2. The van der Waals surface area contributed by atoms with Crippen LogP contribution in [0.4, 0.5) is 5.69 Å². The van der Waals surface area contributed by atoms with Gasteiger partial charge in [-0.2, -0.15) is 0 Å². The predicted molar refractivity (Wildman–Crippen MR) is 135 cm³/mol. The van der Waals surface area contributed by atoms with Crippen molar-refractivity contribution in [2.24, 2.45) is 0 Å². The summed E-state index contributed by atoms with van der Waals surface area (Å²) < 4.78 is 12.3. The molecule has 4 aromatic rings. The van der Waals surface area contributed by atoms with E-state index in [0.29, 0.717) is 38.8 Å². The number of nitrogens with one attached hydrogen (secondary N) is 1. The van der Waals surface area contributed by atoms with E-state index in [1.54, 1.807) is 42.1 Å². The van der Waals surface area contributed by atoms with Gasteiger partial charge in [0, 0.05) is 28.2 Å². The van der Waals surface area contributed by atoms with E-state index in [4.69, 9.17) is 21.1 Å². The summed E-state index contributed by atoms with van der Waals surface area (Å²) in [6.07, 6.45) is 0. The average Bonchev–Trinajstić information content (AvgIpc) is 3.26. The second-order valence-electron chi connectivity index (χ2n) is 7.52. The van der Waals surface area contributed by atoms with Crippen LogP contribution in [0.1, 0.15) is 27.6 Å². The molecule has 0 saturated carbocycles. The minimum absolute atomic E-state index is 0.168. The molecule has 0 bridgehead atoms. The summed E-state index contributed by atoms with van der Waals surface area (Å²) in [4.78, 5) is 22.3. The molecule has 0 fully saturated rings. The lowest BCUT2D eigenvalue weighted by molar-refractivity contribution is 0.102. The van der Waals surface area contributed by atoms with Gasteiger partial charge in [-0.1, -0.05) is 28.6 Å². The van der Waals surface area contributed by atoms with Crippen molar-refractivity contribution in [3.05, 3.63) is 76.3 Å². The molecular weight excluding hydrogens is 488 g/mol. The van der Waals surface area contributed by atoms with Crippen molar-refractivity contribution in [3.8, 4) is 17.2 Å². The number of rotatable bonds is 8. The number of methoxy groups -OCH3 is 2. The molecule has 0 spiro atoms. The first-order valence-corrected chi connectivity index (χ1v) is 11.9. The number of benzene rings is 2. The molecule has 9 nitrogen and oxygen atoms in total. The first-order valence-electron chi connectivity index (χ1n) is 10.6. The highest BCUT2D eigenvalue weighted by Gasteiger charge is 2.23. The van der Waals surface area contributed by atoms with E-state index < -0.39 is 5.91 Å². The SMILES string of the molecule is COc1ccc(OC)c(NC(=O)c2nnn(-c3ccc(Cl)cc3)c2CSc2nc(C)cc(C)n2)c1. The molecule has 4 rings (SSSR count). The number of thioether (sulfide) groups is 1. The fraction of sp³-hybridized carbons (Fsp3) is 0.208. The molecule has 2 heterocycles. The lowest BCUT2D eigenvalue weighted by Crippen LogP contribution is -2.16. The number of carbonyl (C=O) groups excluding carboxylic acids is 1.